The average molecular weight is 274 g/mol. The largest absolute Gasteiger partial charge is 0.434 e. The van der Waals surface area contributed by atoms with E-state index in [1.807, 2.05) is 12.1 Å². The number of H-pyrrole nitrogens is 1. The third-order valence-corrected chi connectivity index (χ3v) is 3.45. The first-order valence-corrected chi connectivity index (χ1v) is 6.34. The molecule has 1 fully saturated rings. The van der Waals surface area contributed by atoms with Crippen molar-refractivity contribution in [3.8, 4) is 0 Å². The number of aromatic nitrogens is 3. The van der Waals surface area contributed by atoms with Gasteiger partial charge < -0.3 is 9.32 Å². The second kappa shape index (κ2) is 4.92. The maximum absolute atomic E-state index is 12.2. The van der Waals surface area contributed by atoms with Gasteiger partial charge in [0.25, 0.3) is 0 Å². The third-order valence-electron chi connectivity index (χ3n) is 3.45. The summed E-state index contributed by atoms with van der Waals surface area (Å²) in [6, 6.07) is 3.86. The predicted octanol–water partition coefficient (Wildman–Crippen LogP) is 0.520. The number of hydrogen-bond acceptors (Lipinski definition) is 5. The fourth-order valence-electron chi connectivity index (χ4n) is 2.32. The molecule has 0 saturated heterocycles. The van der Waals surface area contributed by atoms with E-state index in [2.05, 4.69) is 15.2 Å². The molecule has 1 saturated carbocycles. The topological polar surface area (TPSA) is 92.1 Å². The summed E-state index contributed by atoms with van der Waals surface area (Å²) in [7, 11) is 1.68. The van der Waals surface area contributed by atoms with E-state index in [-0.39, 0.29) is 30.2 Å². The Labute approximate surface area is 114 Å². The normalized spacial score (nSPS) is 20.6. The van der Waals surface area contributed by atoms with Crippen molar-refractivity contribution in [2.24, 2.45) is 5.92 Å². The van der Waals surface area contributed by atoms with Crippen LogP contribution >= 0.6 is 0 Å². The van der Waals surface area contributed by atoms with Crippen molar-refractivity contribution >= 4 is 5.91 Å². The smallest absolute Gasteiger partial charge is 0.391 e. The highest BCUT2D eigenvalue weighted by atomic mass is 16.4. The van der Waals surface area contributed by atoms with Crippen molar-refractivity contribution < 1.29 is 9.21 Å². The Balaban J connectivity index is 1.61. The summed E-state index contributed by atoms with van der Waals surface area (Å²) in [6.45, 7) is 0.188. The number of amides is 1. The van der Waals surface area contributed by atoms with Crippen LogP contribution in [0.3, 0.4) is 0 Å². The van der Waals surface area contributed by atoms with Crippen molar-refractivity contribution in [2.75, 3.05) is 7.05 Å². The minimum atomic E-state index is -0.611. The lowest BCUT2D eigenvalue weighted by molar-refractivity contribution is -0.132. The number of nitrogens with one attached hydrogen (secondary N) is 1. The van der Waals surface area contributed by atoms with Gasteiger partial charge in [-0.25, -0.2) is 9.89 Å². The van der Waals surface area contributed by atoms with Gasteiger partial charge in [0.05, 0.1) is 6.54 Å². The molecule has 3 rings (SSSR count). The molecule has 7 heteroatoms. The molecule has 2 atom stereocenters. The van der Waals surface area contributed by atoms with Gasteiger partial charge in [-0.05, 0) is 24.0 Å². The van der Waals surface area contributed by atoms with Crippen LogP contribution in [0.1, 0.15) is 23.8 Å². The molecule has 0 unspecified atom stereocenters. The monoisotopic (exact) mass is 274 g/mol. The molecule has 7 nitrogen and oxygen atoms in total. The second-order valence-electron chi connectivity index (χ2n) is 4.94. The first-order chi connectivity index (χ1) is 9.65. The Morgan fingerprint density at radius 1 is 1.60 bits per heavy atom. The van der Waals surface area contributed by atoms with Crippen LogP contribution in [-0.4, -0.2) is 33.0 Å². The zero-order chi connectivity index (χ0) is 14.1. The molecular weight excluding hydrogens is 260 g/mol. The molecule has 20 heavy (non-hydrogen) atoms. The van der Waals surface area contributed by atoms with Gasteiger partial charge in [0, 0.05) is 25.4 Å². The number of nitrogens with zero attached hydrogens (tertiary/aromatic N) is 3. The molecule has 2 aromatic heterocycles. The zero-order valence-corrected chi connectivity index (χ0v) is 10.9. The molecule has 2 heterocycles. The van der Waals surface area contributed by atoms with Crippen LogP contribution in [0.4, 0.5) is 0 Å². The summed E-state index contributed by atoms with van der Waals surface area (Å²) < 4.78 is 4.79. The maximum atomic E-state index is 12.2. The van der Waals surface area contributed by atoms with Gasteiger partial charge >= 0.3 is 5.76 Å². The highest BCUT2D eigenvalue weighted by molar-refractivity contribution is 5.82. The van der Waals surface area contributed by atoms with E-state index < -0.39 is 5.76 Å². The number of pyridine rings is 1. The highest BCUT2D eigenvalue weighted by Gasteiger charge is 2.45. The molecule has 0 aromatic carbocycles. The number of carbonyl (C=O) groups is 1. The van der Waals surface area contributed by atoms with Crippen molar-refractivity contribution in [1.82, 2.24) is 20.1 Å². The van der Waals surface area contributed by atoms with Gasteiger partial charge in [0.2, 0.25) is 11.8 Å². The molecule has 1 aliphatic rings. The third kappa shape index (κ3) is 2.47. The van der Waals surface area contributed by atoms with Gasteiger partial charge in [0.1, 0.15) is 0 Å². The first-order valence-electron chi connectivity index (χ1n) is 6.34. The van der Waals surface area contributed by atoms with Crippen LogP contribution < -0.4 is 5.76 Å². The Morgan fingerprint density at radius 3 is 3.10 bits per heavy atom. The Kier molecular flexibility index (Phi) is 3.09. The Morgan fingerprint density at radius 2 is 2.45 bits per heavy atom. The molecule has 0 radical (unpaired) electrons. The van der Waals surface area contributed by atoms with Crippen LogP contribution in [-0.2, 0) is 11.3 Å². The summed E-state index contributed by atoms with van der Waals surface area (Å²) in [6.07, 6.45) is 4.35. The van der Waals surface area contributed by atoms with Crippen LogP contribution in [0.15, 0.2) is 33.7 Å². The molecule has 1 aliphatic carbocycles. The predicted molar refractivity (Wildman–Crippen MR) is 68.7 cm³/mol. The van der Waals surface area contributed by atoms with Crippen molar-refractivity contribution in [3.05, 3.63) is 46.5 Å². The number of rotatable bonds is 4. The lowest BCUT2D eigenvalue weighted by Gasteiger charge is -2.14. The molecule has 2 aromatic rings. The molecule has 0 aliphatic heterocycles. The summed E-state index contributed by atoms with van der Waals surface area (Å²) in [4.78, 5) is 28.7. The minimum absolute atomic E-state index is 0.0186. The minimum Gasteiger partial charge on any atom is -0.391 e. The van der Waals surface area contributed by atoms with Crippen molar-refractivity contribution in [3.63, 3.8) is 0 Å². The van der Waals surface area contributed by atoms with Gasteiger partial charge in [0.15, 0.2) is 0 Å². The van der Waals surface area contributed by atoms with Crippen LogP contribution in [0.2, 0.25) is 0 Å². The van der Waals surface area contributed by atoms with Crippen molar-refractivity contribution in [2.45, 2.75) is 18.9 Å². The van der Waals surface area contributed by atoms with Crippen LogP contribution in [0.5, 0.6) is 0 Å². The summed E-state index contributed by atoms with van der Waals surface area (Å²) in [5, 5.41) is 5.86. The Bertz CT molecular complexity index is 664. The van der Waals surface area contributed by atoms with E-state index in [1.54, 1.807) is 19.4 Å². The lowest BCUT2D eigenvalue weighted by atomic mass is 10.1. The number of hydrogen-bond donors (Lipinski definition) is 1. The van der Waals surface area contributed by atoms with Gasteiger partial charge in [-0.1, -0.05) is 6.07 Å². The summed E-state index contributed by atoms with van der Waals surface area (Å²) in [5.74, 6) is -0.144. The Hall–Kier alpha value is -2.44. The van der Waals surface area contributed by atoms with Gasteiger partial charge in [-0.15, -0.1) is 5.10 Å². The average Bonchev–Trinajstić information content (AvgIpc) is 3.16. The maximum Gasteiger partial charge on any atom is 0.434 e. The fourth-order valence-corrected chi connectivity index (χ4v) is 2.32. The zero-order valence-electron chi connectivity index (χ0n) is 10.9. The van der Waals surface area contributed by atoms with E-state index >= 15 is 0 Å². The summed E-state index contributed by atoms with van der Waals surface area (Å²) in [5.41, 5.74) is 1.09. The molecule has 0 spiro atoms. The van der Waals surface area contributed by atoms with Gasteiger partial charge in [-0.3, -0.25) is 9.78 Å². The van der Waals surface area contributed by atoms with E-state index in [0.29, 0.717) is 0 Å². The molecule has 104 valence electrons. The van der Waals surface area contributed by atoms with Gasteiger partial charge in [-0.2, -0.15) is 0 Å². The fraction of sp³-hybridized carbons (Fsp3) is 0.385. The standard InChI is InChI=1S/C13H14N4O3/c1-17(7-11-15-16-13(19)20-11)12(18)10-5-9(10)8-3-2-4-14-6-8/h2-4,6,9-10H,5,7H2,1H3,(H,16,19)/t9-,10+/m0/s1. The molecule has 1 amide bonds. The van der Waals surface area contributed by atoms with Crippen molar-refractivity contribution in [1.29, 1.82) is 0 Å². The second-order valence-corrected chi connectivity index (χ2v) is 4.94. The summed E-state index contributed by atoms with van der Waals surface area (Å²) >= 11 is 0. The van der Waals surface area contributed by atoms with E-state index in [9.17, 15) is 9.59 Å². The quantitative estimate of drug-likeness (QED) is 0.877. The molecule has 1 N–H and O–H groups in total. The van der Waals surface area contributed by atoms with E-state index in [1.165, 1.54) is 4.90 Å². The number of carbonyl (C=O) groups excluding carboxylic acids is 1. The number of aromatic amines is 1. The van der Waals surface area contributed by atoms with E-state index in [4.69, 9.17) is 4.42 Å². The van der Waals surface area contributed by atoms with Crippen LogP contribution in [0, 0.1) is 5.92 Å². The van der Waals surface area contributed by atoms with Crippen LogP contribution in [0.25, 0.3) is 0 Å². The SMILES string of the molecule is CN(Cc1n[nH]c(=O)o1)C(=O)[C@@H]1C[C@H]1c1cccnc1. The highest BCUT2D eigenvalue weighted by Crippen LogP contribution is 2.48. The first kappa shape index (κ1) is 12.6. The molecular formula is C13H14N4O3. The molecule has 0 bridgehead atoms. The van der Waals surface area contributed by atoms with E-state index in [0.717, 1.165) is 12.0 Å². The lowest BCUT2D eigenvalue weighted by Crippen LogP contribution is -2.28.